The molecule has 3 aromatic carbocycles. The average Bonchev–Trinajstić information content (AvgIpc) is 3.14. The minimum absolute atomic E-state index is 0.0215. The number of sulfonamides is 1. The number of amides is 3. The Hall–Kier alpha value is -3.40. The van der Waals surface area contributed by atoms with Crippen LogP contribution in [0.2, 0.25) is 10.0 Å². The first-order chi connectivity index (χ1) is 19.1. The Labute approximate surface area is 243 Å². The summed E-state index contributed by atoms with van der Waals surface area (Å²) in [4.78, 5) is 41.4. The van der Waals surface area contributed by atoms with Crippen molar-refractivity contribution in [3.8, 4) is 0 Å². The highest BCUT2D eigenvalue weighted by Crippen LogP contribution is 2.30. The van der Waals surface area contributed by atoms with Crippen LogP contribution in [0.1, 0.15) is 41.3 Å². The Balaban J connectivity index is 1.64. The summed E-state index contributed by atoms with van der Waals surface area (Å²) < 4.78 is 26.8. The van der Waals surface area contributed by atoms with E-state index in [1.807, 2.05) is 37.3 Å². The van der Waals surface area contributed by atoms with E-state index < -0.39 is 27.9 Å². The van der Waals surface area contributed by atoms with Gasteiger partial charge in [0.15, 0.2) is 0 Å². The van der Waals surface area contributed by atoms with Crippen LogP contribution in [0.3, 0.4) is 0 Å². The molecule has 0 saturated heterocycles. The fraction of sp³-hybridized carbons (Fsp3) is 0.276. The van der Waals surface area contributed by atoms with Crippen LogP contribution in [0, 0.1) is 0 Å². The summed E-state index contributed by atoms with van der Waals surface area (Å²) in [5, 5.41) is 3.53. The quantitative estimate of drug-likeness (QED) is 0.343. The smallest absolute Gasteiger partial charge is 0.269 e. The van der Waals surface area contributed by atoms with Gasteiger partial charge in [-0.15, -0.1) is 0 Å². The SMILES string of the molecule is CCCNC(=O)C(Cc1ccccc1)N(Cc1ccc(Cl)c(Cl)c1)C(=O)CCN1C(=O)c2ccccc2S1(=O)=O. The lowest BCUT2D eigenvalue weighted by Crippen LogP contribution is -2.51. The third-order valence-corrected chi connectivity index (χ3v) is 9.18. The predicted octanol–water partition coefficient (Wildman–Crippen LogP) is 4.69. The van der Waals surface area contributed by atoms with E-state index in [1.54, 1.807) is 30.3 Å². The van der Waals surface area contributed by atoms with Gasteiger partial charge in [-0.05, 0) is 41.8 Å². The summed E-state index contributed by atoms with van der Waals surface area (Å²) in [6.45, 7) is 2.02. The third-order valence-electron chi connectivity index (χ3n) is 6.60. The first kappa shape index (κ1) is 29.6. The largest absolute Gasteiger partial charge is 0.354 e. The Bertz CT molecular complexity index is 1520. The number of carbonyl (C=O) groups is 3. The van der Waals surface area contributed by atoms with Crippen molar-refractivity contribution in [3.05, 3.63) is 99.5 Å². The standard InChI is InChI=1S/C29H29Cl2N3O5S/c1-2-15-32-28(36)25(18-20-8-4-3-5-9-20)33(19-21-12-13-23(30)24(31)17-21)27(35)14-16-34-29(37)22-10-6-7-11-26(22)40(34,38)39/h3-13,17,25H,2,14-16,18-19H2,1H3,(H,32,36). The van der Waals surface area contributed by atoms with Crippen LogP contribution in [0.4, 0.5) is 0 Å². The molecule has 40 heavy (non-hydrogen) atoms. The molecule has 11 heteroatoms. The zero-order valence-electron chi connectivity index (χ0n) is 21.8. The maximum Gasteiger partial charge on any atom is 0.269 e. The third kappa shape index (κ3) is 6.49. The van der Waals surface area contributed by atoms with Gasteiger partial charge >= 0.3 is 0 Å². The Morgan fingerprint density at radius 2 is 1.65 bits per heavy atom. The number of nitrogens with zero attached hydrogens (tertiary/aromatic N) is 2. The molecule has 1 unspecified atom stereocenters. The van der Waals surface area contributed by atoms with Gasteiger partial charge in [0.05, 0.1) is 15.6 Å². The number of rotatable bonds is 11. The maximum atomic E-state index is 13.8. The van der Waals surface area contributed by atoms with Crippen LogP contribution < -0.4 is 5.32 Å². The second kappa shape index (κ2) is 12.8. The minimum atomic E-state index is -4.08. The molecule has 1 aliphatic heterocycles. The van der Waals surface area contributed by atoms with Crippen molar-refractivity contribution in [2.75, 3.05) is 13.1 Å². The molecule has 0 saturated carbocycles. The Morgan fingerprint density at radius 1 is 0.950 bits per heavy atom. The number of halogens is 2. The summed E-state index contributed by atoms with van der Waals surface area (Å²) in [5.41, 5.74) is 1.56. The molecule has 8 nitrogen and oxygen atoms in total. The summed E-state index contributed by atoms with van der Waals surface area (Å²) in [6.07, 6.45) is 0.627. The number of fused-ring (bicyclic) bond motifs is 1. The van der Waals surface area contributed by atoms with Crippen molar-refractivity contribution in [2.45, 2.75) is 43.7 Å². The van der Waals surface area contributed by atoms with Gasteiger partial charge < -0.3 is 10.2 Å². The highest BCUT2D eigenvalue weighted by Gasteiger charge is 2.41. The summed E-state index contributed by atoms with van der Waals surface area (Å²) in [7, 11) is -4.08. The van der Waals surface area contributed by atoms with Crippen molar-refractivity contribution in [3.63, 3.8) is 0 Å². The van der Waals surface area contributed by atoms with Crippen molar-refractivity contribution in [1.82, 2.24) is 14.5 Å². The lowest BCUT2D eigenvalue weighted by atomic mass is 10.0. The van der Waals surface area contributed by atoms with E-state index in [9.17, 15) is 22.8 Å². The molecule has 0 spiro atoms. The van der Waals surface area contributed by atoms with E-state index >= 15 is 0 Å². The first-order valence-corrected chi connectivity index (χ1v) is 15.0. The average molecular weight is 603 g/mol. The van der Waals surface area contributed by atoms with Gasteiger partial charge in [0.1, 0.15) is 10.9 Å². The van der Waals surface area contributed by atoms with Crippen molar-refractivity contribution in [2.24, 2.45) is 0 Å². The van der Waals surface area contributed by atoms with Gasteiger partial charge in [-0.2, -0.15) is 0 Å². The van der Waals surface area contributed by atoms with Crippen molar-refractivity contribution < 1.29 is 22.8 Å². The lowest BCUT2D eigenvalue weighted by Gasteiger charge is -2.32. The van der Waals surface area contributed by atoms with Crippen LogP contribution in [-0.4, -0.2) is 54.5 Å². The number of nitrogens with one attached hydrogen (secondary N) is 1. The van der Waals surface area contributed by atoms with Crippen LogP contribution >= 0.6 is 23.2 Å². The van der Waals surface area contributed by atoms with Gasteiger partial charge in [0.25, 0.3) is 15.9 Å². The van der Waals surface area contributed by atoms with Gasteiger partial charge in [-0.3, -0.25) is 14.4 Å². The van der Waals surface area contributed by atoms with Crippen LogP contribution in [0.15, 0.2) is 77.7 Å². The Kier molecular flexibility index (Phi) is 9.50. The molecular formula is C29H29Cl2N3O5S. The molecule has 0 aliphatic carbocycles. The van der Waals surface area contributed by atoms with E-state index in [4.69, 9.17) is 23.2 Å². The fourth-order valence-corrected chi connectivity index (χ4v) is 6.44. The summed E-state index contributed by atoms with van der Waals surface area (Å²) in [6, 6.07) is 19.3. The van der Waals surface area contributed by atoms with Crippen molar-refractivity contribution >= 4 is 50.9 Å². The molecule has 0 bridgehead atoms. The predicted molar refractivity (Wildman–Crippen MR) is 154 cm³/mol. The number of carbonyl (C=O) groups excluding carboxylic acids is 3. The molecule has 3 amide bonds. The van der Waals surface area contributed by atoms with E-state index in [-0.39, 0.29) is 42.3 Å². The lowest BCUT2D eigenvalue weighted by molar-refractivity contribution is -0.141. The summed E-state index contributed by atoms with van der Waals surface area (Å²) in [5.74, 6) is -1.50. The van der Waals surface area contributed by atoms with Gasteiger partial charge in [-0.25, -0.2) is 12.7 Å². The molecule has 4 rings (SSSR count). The zero-order valence-corrected chi connectivity index (χ0v) is 24.2. The van der Waals surface area contributed by atoms with Crippen LogP contribution in [0.25, 0.3) is 0 Å². The molecule has 210 valence electrons. The molecule has 1 aliphatic rings. The molecule has 0 fully saturated rings. The molecule has 0 radical (unpaired) electrons. The normalized spacial score (nSPS) is 14.5. The van der Waals surface area contributed by atoms with E-state index in [0.29, 0.717) is 28.6 Å². The Morgan fingerprint density at radius 3 is 2.33 bits per heavy atom. The summed E-state index contributed by atoms with van der Waals surface area (Å²) >= 11 is 12.3. The van der Waals surface area contributed by atoms with Gasteiger partial charge in [-0.1, -0.05) is 78.7 Å². The number of hydrogen-bond donors (Lipinski definition) is 1. The van der Waals surface area contributed by atoms with Gasteiger partial charge in [0.2, 0.25) is 11.8 Å². The second-order valence-electron chi connectivity index (χ2n) is 9.40. The monoisotopic (exact) mass is 601 g/mol. The van der Waals surface area contributed by atoms with Crippen LogP contribution in [0.5, 0.6) is 0 Å². The first-order valence-electron chi connectivity index (χ1n) is 12.8. The van der Waals surface area contributed by atoms with Crippen LogP contribution in [-0.2, 0) is 32.6 Å². The minimum Gasteiger partial charge on any atom is -0.354 e. The van der Waals surface area contributed by atoms with Gasteiger partial charge in [0, 0.05) is 32.5 Å². The number of benzene rings is 3. The van der Waals surface area contributed by atoms with E-state index in [1.165, 1.54) is 17.0 Å². The molecule has 1 heterocycles. The second-order valence-corrected chi connectivity index (χ2v) is 12.0. The molecule has 3 aromatic rings. The molecule has 1 atom stereocenters. The zero-order chi connectivity index (χ0) is 28.9. The number of hydrogen-bond acceptors (Lipinski definition) is 5. The highest BCUT2D eigenvalue weighted by atomic mass is 35.5. The van der Waals surface area contributed by atoms with Crippen molar-refractivity contribution in [1.29, 1.82) is 0 Å². The topological polar surface area (TPSA) is 104 Å². The molecule has 1 N–H and O–H groups in total. The van der Waals surface area contributed by atoms with E-state index in [2.05, 4.69) is 5.32 Å². The maximum absolute atomic E-state index is 13.8. The molecule has 0 aromatic heterocycles. The van der Waals surface area contributed by atoms with E-state index in [0.717, 1.165) is 9.87 Å². The fourth-order valence-electron chi connectivity index (χ4n) is 4.55. The highest BCUT2D eigenvalue weighted by molar-refractivity contribution is 7.90. The molecular weight excluding hydrogens is 573 g/mol.